The number of amides is 1. The Morgan fingerprint density at radius 1 is 1.09 bits per heavy atom. The Kier molecular flexibility index (Phi) is 3.73. The van der Waals surface area contributed by atoms with Gasteiger partial charge in [-0.3, -0.25) is 9.20 Å². The number of nitrogens with one attached hydrogen (secondary N) is 1. The van der Waals surface area contributed by atoms with E-state index in [4.69, 9.17) is 0 Å². The van der Waals surface area contributed by atoms with Crippen molar-refractivity contribution < 1.29 is 18.0 Å². The number of fused-ring (bicyclic) bond motifs is 1. The summed E-state index contributed by atoms with van der Waals surface area (Å²) >= 11 is 0. The Morgan fingerprint density at radius 2 is 1.83 bits per heavy atom. The minimum Gasteiger partial charge on any atom is -0.345 e. The zero-order chi connectivity index (χ0) is 16.4. The fraction of sp³-hybridized carbons (Fsp3) is 0.133. The first-order chi connectivity index (χ1) is 10.9. The van der Waals surface area contributed by atoms with Gasteiger partial charge in [0.05, 0.1) is 12.1 Å². The SMILES string of the molecule is O=C(NCc1nnc2ccc(C(F)(F)F)cn12)c1ccccc1. The van der Waals surface area contributed by atoms with Crippen LogP contribution in [0.25, 0.3) is 5.65 Å². The largest absolute Gasteiger partial charge is 0.417 e. The summed E-state index contributed by atoms with van der Waals surface area (Å²) in [5.74, 6) is -0.121. The number of nitrogens with zero attached hydrogens (tertiary/aromatic N) is 3. The summed E-state index contributed by atoms with van der Waals surface area (Å²) in [5, 5.41) is 10.2. The highest BCUT2D eigenvalue weighted by Gasteiger charge is 2.31. The molecule has 0 fully saturated rings. The van der Waals surface area contributed by atoms with Crippen molar-refractivity contribution in [3.63, 3.8) is 0 Å². The maximum Gasteiger partial charge on any atom is 0.417 e. The van der Waals surface area contributed by atoms with E-state index >= 15 is 0 Å². The molecule has 2 aromatic heterocycles. The number of alkyl halides is 3. The van der Waals surface area contributed by atoms with Crippen molar-refractivity contribution in [2.24, 2.45) is 0 Å². The van der Waals surface area contributed by atoms with Gasteiger partial charge in [0.15, 0.2) is 11.5 Å². The van der Waals surface area contributed by atoms with E-state index in [2.05, 4.69) is 15.5 Å². The molecule has 1 aromatic carbocycles. The van der Waals surface area contributed by atoms with Gasteiger partial charge in [0.25, 0.3) is 5.91 Å². The number of carbonyl (C=O) groups is 1. The van der Waals surface area contributed by atoms with Gasteiger partial charge < -0.3 is 5.32 Å². The monoisotopic (exact) mass is 320 g/mol. The second-order valence-corrected chi connectivity index (χ2v) is 4.81. The number of halogens is 3. The number of pyridine rings is 1. The second-order valence-electron chi connectivity index (χ2n) is 4.81. The third kappa shape index (κ3) is 3.15. The van der Waals surface area contributed by atoms with Gasteiger partial charge in [-0.05, 0) is 24.3 Å². The number of carbonyl (C=O) groups excluding carboxylic acids is 1. The molecule has 5 nitrogen and oxygen atoms in total. The van der Waals surface area contributed by atoms with Crippen molar-refractivity contribution in [1.29, 1.82) is 0 Å². The molecule has 1 N–H and O–H groups in total. The fourth-order valence-corrected chi connectivity index (χ4v) is 2.08. The van der Waals surface area contributed by atoms with E-state index in [9.17, 15) is 18.0 Å². The maximum atomic E-state index is 12.8. The Bertz CT molecular complexity index is 843. The molecule has 0 saturated carbocycles. The third-order valence-corrected chi connectivity index (χ3v) is 3.24. The second kappa shape index (κ2) is 5.71. The van der Waals surface area contributed by atoms with Crippen LogP contribution in [0.1, 0.15) is 21.7 Å². The third-order valence-electron chi connectivity index (χ3n) is 3.24. The van der Waals surface area contributed by atoms with Crippen LogP contribution in [0.4, 0.5) is 13.2 Å². The average Bonchev–Trinajstić information content (AvgIpc) is 2.95. The predicted molar refractivity (Wildman–Crippen MR) is 75.6 cm³/mol. The van der Waals surface area contributed by atoms with Crippen LogP contribution < -0.4 is 5.32 Å². The predicted octanol–water partition coefficient (Wildman–Crippen LogP) is 2.68. The van der Waals surface area contributed by atoms with Crippen LogP contribution in [0, 0.1) is 0 Å². The molecule has 0 saturated heterocycles. The van der Waals surface area contributed by atoms with Gasteiger partial charge >= 0.3 is 6.18 Å². The molecule has 0 bridgehead atoms. The van der Waals surface area contributed by atoms with Crippen molar-refractivity contribution in [3.8, 4) is 0 Å². The highest BCUT2D eigenvalue weighted by atomic mass is 19.4. The van der Waals surface area contributed by atoms with Crippen molar-refractivity contribution in [2.45, 2.75) is 12.7 Å². The topological polar surface area (TPSA) is 59.3 Å². The van der Waals surface area contributed by atoms with E-state index in [1.807, 2.05) is 0 Å². The number of hydrogen-bond donors (Lipinski definition) is 1. The van der Waals surface area contributed by atoms with Gasteiger partial charge in [-0.25, -0.2) is 0 Å². The van der Waals surface area contributed by atoms with E-state index in [1.54, 1.807) is 30.3 Å². The highest BCUT2D eigenvalue weighted by molar-refractivity contribution is 5.94. The summed E-state index contributed by atoms with van der Waals surface area (Å²) in [6.07, 6.45) is -3.54. The lowest BCUT2D eigenvalue weighted by molar-refractivity contribution is -0.137. The molecule has 0 unspecified atom stereocenters. The maximum absolute atomic E-state index is 12.8. The number of rotatable bonds is 3. The fourth-order valence-electron chi connectivity index (χ4n) is 2.08. The average molecular weight is 320 g/mol. The van der Waals surface area contributed by atoms with Crippen molar-refractivity contribution >= 4 is 11.6 Å². The zero-order valence-electron chi connectivity index (χ0n) is 11.7. The van der Waals surface area contributed by atoms with Crippen LogP contribution in [-0.4, -0.2) is 20.5 Å². The van der Waals surface area contributed by atoms with E-state index in [0.717, 1.165) is 12.3 Å². The summed E-state index contributed by atoms with van der Waals surface area (Å²) in [5.41, 5.74) is -0.0697. The van der Waals surface area contributed by atoms with Crippen molar-refractivity contribution in [1.82, 2.24) is 19.9 Å². The molecule has 3 aromatic rings. The summed E-state index contributed by atoms with van der Waals surface area (Å²) in [6.45, 7) is -0.0315. The van der Waals surface area contributed by atoms with Crippen LogP contribution in [0.15, 0.2) is 48.7 Å². The Balaban J connectivity index is 1.82. The first-order valence-corrected chi connectivity index (χ1v) is 6.69. The van der Waals surface area contributed by atoms with Crippen LogP contribution in [-0.2, 0) is 12.7 Å². The first-order valence-electron chi connectivity index (χ1n) is 6.69. The summed E-state index contributed by atoms with van der Waals surface area (Å²) < 4.78 is 39.5. The van der Waals surface area contributed by atoms with Gasteiger partial charge in [-0.2, -0.15) is 13.2 Å². The van der Waals surface area contributed by atoms with Crippen molar-refractivity contribution in [3.05, 3.63) is 65.6 Å². The number of benzene rings is 1. The summed E-state index contributed by atoms with van der Waals surface area (Å²) in [6, 6.07) is 10.7. The van der Waals surface area contributed by atoms with Crippen LogP contribution in [0.5, 0.6) is 0 Å². The molecule has 0 aliphatic carbocycles. The Morgan fingerprint density at radius 3 is 2.52 bits per heavy atom. The molecular formula is C15H11F3N4O. The minimum absolute atomic E-state index is 0.0315. The van der Waals surface area contributed by atoms with E-state index in [-0.39, 0.29) is 23.9 Å². The lowest BCUT2D eigenvalue weighted by Gasteiger charge is -2.08. The van der Waals surface area contributed by atoms with Crippen molar-refractivity contribution in [2.75, 3.05) is 0 Å². The van der Waals surface area contributed by atoms with Gasteiger partial charge in [0.1, 0.15) is 0 Å². The summed E-state index contributed by atoms with van der Waals surface area (Å²) in [4.78, 5) is 12.0. The number of aromatic nitrogens is 3. The summed E-state index contributed by atoms with van der Waals surface area (Å²) in [7, 11) is 0. The molecule has 118 valence electrons. The smallest absolute Gasteiger partial charge is 0.345 e. The Hall–Kier alpha value is -2.90. The van der Waals surface area contributed by atoms with Gasteiger partial charge in [-0.15, -0.1) is 10.2 Å². The van der Waals surface area contributed by atoms with Crippen LogP contribution in [0.3, 0.4) is 0 Å². The first kappa shape index (κ1) is 15.0. The van der Waals surface area contributed by atoms with Gasteiger partial charge in [0, 0.05) is 11.8 Å². The molecule has 0 aliphatic heterocycles. The van der Waals surface area contributed by atoms with E-state index in [0.29, 0.717) is 5.56 Å². The van der Waals surface area contributed by atoms with E-state index in [1.165, 1.54) is 10.5 Å². The standard InChI is InChI=1S/C15H11F3N4O/c16-15(17,18)11-6-7-12-20-21-13(22(12)9-11)8-19-14(23)10-4-2-1-3-5-10/h1-7,9H,8H2,(H,19,23). The molecule has 0 atom stereocenters. The zero-order valence-corrected chi connectivity index (χ0v) is 11.7. The Labute approximate surface area is 128 Å². The van der Waals surface area contributed by atoms with E-state index < -0.39 is 11.7 Å². The molecule has 0 radical (unpaired) electrons. The highest BCUT2D eigenvalue weighted by Crippen LogP contribution is 2.29. The van der Waals surface area contributed by atoms with Gasteiger partial charge in [0.2, 0.25) is 0 Å². The molecule has 8 heteroatoms. The molecule has 2 heterocycles. The quantitative estimate of drug-likeness (QED) is 0.807. The minimum atomic E-state index is -4.46. The van der Waals surface area contributed by atoms with Crippen LogP contribution in [0.2, 0.25) is 0 Å². The molecule has 0 aliphatic rings. The molecule has 0 spiro atoms. The molecular weight excluding hydrogens is 309 g/mol. The molecule has 1 amide bonds. The molecule has 3 rings (SSSR count). The van der Waals surface area contributed by atoms with Crippen LogP contribution >= 0.6 is 0 Å². The normalized spacial score (nSPS) is 11.6. The molecule has 23 heavy (non-hydrogen) atoms. The number of hydrogen-bond acceptors (Lipinski definition) is 3. The van der Waals surface area contributed by atoms with Gasteiger partial charge in [-0.1, -0.05) is 18.2 Å². The lowest BCUT2D eigenvalue weighted by atomic mass is 10.2. The lowest BCUT2D eigenvalue weighted by Crippen LogP contribution is -2.24.